The molecule has 3 heteroatoms. The van der Waals surface area contributed by atoms with Gasteiger partial charge >= 0.3 is 0 Å². The number of hydrogen-bond acceptors (Lipinski definition) is 3. The van der Waals surface area contributed by atoms with Crippen LogP contribution in [0, 0.1) is 20.8 Å². The Bertz CT molecular complexity index is 623. The molecule has 0 aliphatic carbocycles. The van der Waals surface area contributed by atoms with E-state index in [1.165, 1.54) is 27.8 Å². The van der Waals surface area contributed by atoms with Crippen molar-refractivity contribution < 1.29 is 4.74 Å². The summed E-state index contributed by atoms with van der Waals surface area (Å²) < 4.78 is 5.26. The van der Waals surface area contributed by atoms with Crippen molar-refractivity contribution in [1.29, 1.82) is 0 Å². The highest BCUT2D eigenvalue weighted by molar-refractivity contribution is 5.38. The van der Waals surface area contributed by atoms with E-state index in [1.807, 2.05) is 12.1 Å². The lowest BCUT2D eigenvalue weighted by Crippen LogP contribution is -2.30. The molecule has 0 spiro atoms. The number of rotatable bonds is 5. The van der Waals surface area contributed by atoms with Gasteiger partial charge in [0.1, 0.15) is 5.75 Å². The zero-order chi connectivity index (χ0) is 15.4. The quantitative estimate of drug-likeness (QED) is 0.653. The lowest BCUT2D eigenvalue weighted by Gasteiger charge is -2.20. The molecule has 1 unspecified atom stereocenters. The minimum absolute atomic E-state index is 0.0939. The highest BCUT2D eigenvalue weighted by atomic mass is 16.5. The Morgan fingerprint density at radius 3 is 2.43 bits per heavy atom. The zero-order valence-corrected chi connectivity index (χ0v) is 13.2. The molecule has 0 aliphatic rings. The fourth-order valence-electron chi connectivity index (χ4n) is 2.66. The third kappa shape index (κ3) is 3.63. The normalized spacial score (nSPS) is 12.2. The van der Waals surface area contributed by atoms with E-state index in [0.717, 1.165) is 12.2 Å². The van der Waals surface area contributed by atoms with Crippen molar-refractivity contribution >= 4 is 0 Å². The van der Waals surface area contributed by atoms with Crippen LogP contribution in [0.1, 0.15) is 33.9 Å². The fourth-order valence-corrected chi connectivity index (χ4v) is 2.66. The molecule has 0 aliphatic heterocycles. The second kappa shape index (κ2) is 6.74. The highest BCUT2D eigenvalue weighted by Crippen LogP contribution is 2.26. The number of benzene rings is 2. The van der Waals surface area contributed by atoms with Gasteiger partial charge in [-0.3, -0.25) is 11.3 Å². The molecule has 0 radical (unpaired) electrons. The van der Waals surface area contributed by atoms with Crippen molar-refractivity contribution in [3.63, 3.8) is 0 Å². The average molecular weight is 284 g/mol. The number of nitrogens with two attached hydrogens (primary N) is 1. The lowest BCUT2D eigenvalue weighted by atomic mass is 9.93. The molecule has 1 atom stereocenters. The van der Waals surface area contributed by atoms with Gasteiger partial charge in [0.05, 0.1) is 13.2 Å². The molecule has 0 saturated heterocycles. The molecular weight excluding hydrogens is 260 g/mol. The van der Waals surface area contributed by atoms with Crippen molar-refractivity contribution in [2.75, 3.05) is 7.11 Å². The Morgan fingerprint density at radius 2 is 1.81 bits per heavy atom. The maximum atomic E-state index is 5.80. The average Bonchev–Trinajstić information content (AvgIpc) is 2.48. The summed E-state index contributed by atoms with van der Waals surface area (Å²) in [6.45, 7) is 6.35. The predicted octanol–water partition coefficient (Wildman–Crippen LogP) is 3.37. The van der Waals surface area contributed by atoms with Gasteiger partial charge in [0.15, 0.2) is 0 Å². The van der Waals surface area contributed by atoms with Crippen LogP contribution in [-0.2, 0) is 6.42 Å². The molecule has 0 heterocycles. The minimum Gasteiger partial charge on any atom is -0.497 e. The standard InChI is InChI=1S/C18H24N2O/c1-12-5-6-13(2)15(9-12)11-18(20-19)17-8-7-16(21-4)10-14(17)3/h5-10,18,20H,11,19H2,1-4H3. The summed E-state index contributed by atoms with van der Waals surface area (Å²) in [4.78, 5) is 0. The summed E-state index contributed by atoms with van der Waals surface area (Å²) in [5, 5.41) is 0. The van der Waals surface area contributed by atoms with Crippen molar-refractivity contribution in [3.8, 4) is 5.75 Å². The summed E-state index contributed by atoms with van der Waals surface area (Å²) in [5.74, 6) is 6.67. The van der Waals surface area contributed by atoms with Crippen molar-refractivity contribution in [2.24, 2.45) is 5.84 Å². The van der Waals surface area contributed by atoms with E-state index in [2.05, 4.69) is 50.5 Å². The predicted molar refractivity (Wildman–Crippen MR) is 87.4 cm³/mol. The second-order valence-electron chi connectivity index (χ2n) is 5.58. The van der Waals surface area contributed by atoms with Crippen LogP contribution in [0.2, 0.25) is 0 Å². The zero-order valence-electron chi connectivity index (χ0n) is 13.2. The monoisotopic (exact) mass is 284 g/mol. The van der Waals surface area contributed by atoms with Gasteiger partial charge in [-0.25, -0.2) is 0 Å². The van der Waals surface area contributed by atoms with Gasteiger partial charge in [0.25, 0.3) is 0 Å². The van der Waals surface area contributed by atoms with Crippen LogP contribution in [-0.4, -0.2) is 7.11 Å². The topological polar surface area (TPSA) is 47.3 Å². The molecule has 3 nitrogen and oxygen atoms in total. The SMILES string of the molecule is COc1ccc(C(Cc2cc(C)ccc2C)NN)c(C)c1. The lowest BCUT2D eigenvalue weighted by molar-refractivity contribution is 0.414. The van der Waals surface area contributed by atoms with Crippen LogP contribution in [0.25, 0.3) is 0 Å². The molecule has 0 aromatic heterocycles. The number of aryl methyl sites for hydroxylation is 3. The van der Waals surface area contributed by atoms with E-state index >= 15 is 0 Å². The van der Waals surface area contributed by atoms with E-state index in [9.17, 15) is 0 Å². The number of nitrogens with one attached hydrogen (secondary N) is 1. The number of methoxy groups -OCH3 is 1. The first-order chi connectivity index (χ1) is 10.0. The van der Waals surface area contributed by atoms with Crippen LogP contribution >= 0.6 is 0 Å². The Morgan fingerprint density at radius 1 is 1.05 bits per heavy atom. The molecule has 0 amide bonds. The van der Waals surface area contributed by atoms with Crippen molar-refractivity contribution in [2.45, 2.75) is 33.2 Å². The van der Waals surface area contributed by atoms with Gasteiger partial charge < -0.3 is 4.74 Å². The van der Waals surface area contributed by atoms with E-state index in [1.54, 1.807) is 7.11 Å². The maximum Gasteiger partial charge on any atom is 0.119 e. The summed E-state index contributed by atoms with van der Waals surface area (Å²) in [7, 11) is 1.68. The summed E-state index contributed by atoms with van der Waals surface area (Å²) in [5.41, 5.74) is 9.24. The fraction of sp³-hybridized carbons (Fsp3) is 0.333. The molecule has 2 aromatic rings. The minimum atomic E-state index is 0.0939. The van der Waals surface area contributed by atoms with E-state index in [4.69, 9.17) is 10.6 Å². The van der Waals surface area contributed by atoms with Gasteiger partial charge in [0.2, 0.25) is 0 Å². The first-order valence-electron chi connectivity index (χ1n) is 7.22. The van der Waals surface area contributed by atoms with Crippen molar-refractivity contribution in [1.82, 2.24) is 5.43 Å². The molecule has 2 aromatic carbocycles. The van der Waals surface area contributed by atoms with Gasteiger partial charge in [0, 0.05) is 0 Å². The van der Waals surface area contributed by atoms with Gasteiger partial charge in [-0.2, -0.15) is 0 Å². The number of ether oxygens (including phenoxy) is 1. The largest absolute Gasteiger partial charge is 0.497 e. The molecule has 2 rings (SSSR count). The maximum absolute atomic E-state index is 5.80. The molecule has 112 valence electrons. The molecule has 0 saturated carbocycles. The smallest absolute Gasteiger partial charge is 0.119 e. The number of hydrogen-bond donors (Lipinski definition) is 2. The van der Waals surface area contributed by atoms with Gasteiger partial charge in [-0.1, -0.05) is 29.8 Å². The summed E-state index contributed by atoms with van der Waals surface area (Å²) >= 11 is 0. The Balaban J connectivity index is 2.29. The Labute approximate surface area is 127 Å². The van der Waals surface area contributed by atoms with Gasteiger partial charge in [-0.05, 0) is 61.6 Å². The van der Waals surface area contributed by atoms with Crippen LogP contribution in [0.4, 0.5) is 0 Å². The van der Waals surface area contributed by atoms with Crippen LogP contribution in [0.15, 0.2) is 36.4 Å². The summed E-state index contributed by atoms with van der Waals surface area (Å²) in [6, 6.07) is 12.7. The van der Waals surface area contributed by atoms with Crippen molar-refractivity contribution in [3.05, 3.63) is 64.2 Å². The first kappa shape index (κ1) is 15.5. The van der Waals surface area contributed by atoms with E-state index < -0.39 is 0 Å². The summed E-state index contributed by atoms with van der Waals surface area (Å²) in [6.07, 6.45) is 0.872. The van der Waals surface area contributed by atoms with E-state index in [0.29, 0.717) is 0 Å². The van der Waals surface area contributed by atoms with Crippen LogP contribution in [0.3, 0.4) is 0 Å². The third-order valence-corrected chi connectivity index (χ3v) is 3.98. The Hall–Kier alpha value is -1.84. The molecule has 0 bridgehead atoms. The highest BCUT2D eigenvalue weighted by Gasteiger charge is 2.14. The molecule has 3 N–H and O–H groups in total. The third-order valence-electron chi connectivity index (χ3n) is 3.98. The Kier molecular flexibility index (Phi) is 4.99. The van der Waals surface area contributed by atoms with Crippen LogP contribution in [0.5, 0.6) is 5.75 Å². The molecule has 0 fully saturated rings. The second-order valence-corrected chi connectivity index (χ2v) is 5.58. The van der Waals surface area contributed by atoms with Crippen LogP contribution < -0.4 is 16.0 Å². The molecular formula is C18H24N2O. The van der Waals surface area contributed by atoms with Gasteiger partial charge in [-0.15, -0.1) is 0 Å². The first-order valence-corrected chi connectivity index (χ1v) is 7.22. The number of hydrazine groups is 1. The molecule has 21 heavy (non-hydrogen) atoms. The van der Waals surface area contributed by atoms with E-state index in [-0.39, 0.29) is 6.04 Å².